The molecule has 7 aromatic carbocycles. The number of hydrogen-bond acceptors (Lipinski definition) is 5. The molecule has 0 radical (unpaired) electrons. The van der Waals surface area contributed by atoms with Crippen LogP contribution in [0.25, 0.3) is 75.6 Å². The van der Waals surface area contributed by atoms with E-state index >= 15 is 0 Å². The molecular weight excluding hydrogens is 581 g/mol. The van der Waals surface area contributed by atoms with Crippen molar-refractivity contribution >= 4 is 70.4 Å². The third-order valence-corrected chi connectivity index (χ3v) is 9.86. The zero-order valence-corrected chi connectivity index (χ0v) is 25.0. The molecule has 0 unspecified atom stereocenters. The number of anilines is 3. The molecule has 0 N–H and O–H groups in total. The number of benzene rings is 7. The Balaban J connectivity index is 1.30. The number of nitrogens with zero attached hydrogens (tertiary/aromatic N) is 4. The maximum absolute atomic E-state index is 8.84. The van der Waals surface area contributed by atoms with E-state index in [9.17, 15) is 0 Å². The van der Waals surface area contributed by atoms with Gasteiger partial charge in [-0.3, -0.25) is 4.90 Å². The van der Waals surface area contributed by atoms with Gasteiger partial charge >= 0.3 is 0 Å². The van der Waals surface area contributed by atoms with Gasteiger partial charge in [-0.1, -0.05) is 121 Å². The minimum absolute atomic E-state index is 0.00295. The molecule has 9 aromatic rings. The van der Waals surface area contributed by atoms with Crippen LogP contribution in [-0.2, 0) is 0 Å². The number of thiophene rings is 1. The SMILES string of the molecule is [2H]c1c([2H])c([2H])c(-c2nc(-c3ccc4c(c3)sc3ccccc34)nc(N3c4ccc5ccccc5c4-c4cccc5cccc3c45)n2)c([2H])c1[2H]. The molecule has 5 heteroatoms. The zero-order chi connectivity index (χ0) is 34.5. The first-order valence-electron chi connectivity index (χ1n) is 17.5. The van der Waals surface area contributed by atoms with Crippen LogP contribution in [0.1, 0.15) is 6.85 Å². The van der Waals surface area contributed by atoms with Crippen molar-refractivity contribution in [2.24, 2.45) is 0 Å². The van der Waals surface area contributed by atoms with E-state index in [0.29, 0.717) is 5.82 Å². The van der Waals surface area contributed by atoms with E-state index < -0.39 is 18.1 Å². The molecule has 0 spiro atoms. The quantitative estimate of drug-likeness (QED) is 0.200. The Morgan fingerprint density at radius 1 is 0.543 bits per heavy atom. The maximum atomic E-state index is 8.84. The Morgan fingerprint density at radius 2 is 1.28 bits per heavy atom. The lowest BCUT2D eigenvalue weighted by atomic mass is 9.88. The summed E-state index contributed by atoms with van der Waals surface area (Å²) in [7, 11) is 0. The van der Waals surface area contributed by atoms with Crippen LogP contribution in [0, 0.1) is 0 Å². The van der Waals surface area contributed by atoms with Crippen molar-refractivity contribution in [2.75, 3.05) is 4.90 Å². The van der Waals surface area contributed by atoms with Crippen LogP contribution in [-0.4, -0.2) is 15.0 Å². The molecule has 0 atom stereocenters. The average Bonchev–Trinajstić information content (AvgIpc) is 3.54. The molecule has 1 aliphatic heterocycles. The largest absolute Gasteiger partial charge is 0.278 e. The van der Waals surface area contributed by atoms with Crippen molar-refractivity contribution in [3.63, 3.8) is 0 Å². The van der Waals surface area contributed by atoms with E-state index in [0.717, 1.165) is 59.7 Å². The first kappa shape index (κ1) is 20.9. The summed E-state index contributed by atoms with van der Waals surface area (Å²) in [6.45, 7) is 0. The van der Waals surface area contributed by atoms with E-state index in [1.54, 1.807) is 11.3 Å². The molecule has 2 aromatic heterocycles. The summed E-state index contributed by atoms with van der Waals surface area (Å²) < 4.78 is 45.0. The summed E-state index contributed by atoms with van der Waals surface area (Å²) in [6.07, 6.45) is 0. The molecule has 0 saturated carbocycles. The van der Waals surface area contributed by atoms with E-state index in [2.05, 4.69) is 72.8 Å². The fourth-order valence-corrected chi connectivity index (χ4v) is 7.87. The molecule has 0 saturated heterocycles. The van der Waals surface area contributed by atoms with Gasteiger partial charge in [0.2, 0.25) is 5.95 Å². The summed E-state index contributed by atoms with van der Waals surface area (Å²) in [5, 5.41) is 6.58. The second-order valence-corrected chi connectivity index (χ2v) is 12.4. The second kappa shape index (κ2) is 9.80. The summed E-state index contributed by atoms with van der Waals surface area (Å²) in [4.78, 5) is 17.0. The zero-order valence-electron chi connectivity index (χ0n) is 29.2. The fourth-order valence-electron chi connectivity index (χ4n) is 6.72. The topological polar surface area (TPSA) is 41.9 Å². The van der Waals surface area contributed by atoms with Gasteiger partial charge in [0.25, 0.3) is 0 Å². The van der Waals surface area contributed by atoms with Crippen LogP contribution < -0.4 is 4.90 Å². The van der Waals surface area contributed by atoms with Crippen molar-refractivity contribution in [3.8, 4) is 33.9 Å². The molecule has 0 bridgehead atoms. The van der Waals surface area contributed by atoms with E-state index in [-0.39, 0.29) is 29.4 Å². The fraction of sp³-hybridized carbons (Fsp3) is 0. The van der Waals surface area contributed by atoms with Gasteiger partial charge in [0.1, 0.15) is 0 Å². The van der Waals surface area contributed by atoms with E-state index in [4.69, 9.17) is 21.8 Å². The van der Waals surface area contributed by atoms with Crippen LogP contribution in [0.3, 0.4) is 0 Å². The molecule has 0 aliphatic carbocycles. The highest BCUT2D eigenvalue weighted by molar-refractivity contribution is 7.25. The minimum Gasteiger partial charge on any atom is -0.278 e. The predicted octanol–water partition coefficient (Wildman–Crippen LogP) is 11.3. The predicted molar refractivity (Wildman–Crippen MR) is 192 cm³/mol. The van der Waals surface area contributed by atoms with Crippen LogP contribution in [0.4, 0.5) is 17.3 Å². The summed E-state index contributed by atoms with van der Waals surface area (Å²) in [5.41, 5.74) is 4.51. The second-order valence-electron chi connectivity index (χ2n) is 11.3. The van der Waals surface area contributed by atoms with Gasteiger partial charge in [0, 0.05) is 42.2 Å². The van der Waals surface area contributed by atoms with Crippen molar-refractivity contribution in [1.29, 1.82) is 0 Å². The molecule has 3 heterocycles. The third-order valence-electron chi connectivity index (χ3n) is 8.73. The minimum atomic E-state index is -0.474. The summed E-state index contributed by atoms with van der Waals surface area (Å²) in [6, 6.07) is 37.2. The van der Waals surface area contributed by atoms with E-state index in [1.165, 1.54) is 10.1 Å². The highest BCUT2D eigenvalue weighted by atomic mass is 32.1. The van der Waals surface area contributed by atoms with Gasteiger partial charge < -0.3 is 0 Å². The van der Waals surface area contributed by atoms with Crippen molar-refractivity contribution in [3.05, 3.63) is 145 Å². The van der Waals surface area contributed by atoms with Gasteiger partial charge in [-0.05, 0) is 46.0 Å². The van der Waals surface area contributed by atoms with Gasteiger partial charge in [-0.2, -0.15) is 9.97 Å². The Kier molecular flexibility index (Phi) is 4.46. The summed E-state index contributed by atoms with van der Waals surface area (Å²) in [5.74, 6) is 0.600. The smallest absolute Gasteiger partial charge is 0.238 e. The molecule has 4 nitrogen and oxygen atoms in total. The molecule has 0 amide bonds. The van der Waals surface area contributed by atoms with Gasteiger partial charge in [0.05, 0.1) is 18.2 Å². The van der Waals surface area contributed by atoms with Gasteiger partial charge in [0.15, 0.2) is 11.6 Å². The highest BCUT2D eigenvalue weighted by Crippen LogP contribution is 2.52. The van der Waals surface area contributed by atoms with Crippen molar-refractivity contribution in [2.45, 2.75) is 0 Å². The molecule has 46 heavy (non-hydrogen) atoms. The first-order valence-corrected chi connectivity index (χ1v) is 15.8. The average molecular weight is 610 g/mol. The molecule has 0 fully saturated rings. The van der Waals surface area contributed by atoms with Crippen molar-refractivity contribution < 1.29 is 6.85 Å². The Bertz CT molecular complexity index is 2930. The van der Waals surface area contributed by atoms with Crippen molar-refractivity contribution in [1.82, 2.24) is 15.0 Å². The van der Waals surface area contributed by atoms with Crippen LogP contribution in [0.2, 0.25) is 0 Å². The Morgan fingerprint density at radius 3 is 2.17 bits per heavy atom. The number of fused-ring (bicyclic) bond motifs is 7. The van der Waals surface area contributed by atoms with Crippen LogP contribution in [0.5, 0.6) is 0 Å². The Hall–Kier alpha value is -5.91. The van der Waals surface area contributed by atoms with Gasteiger partial charge in [-0.15, -0.1) is 11.3 Å². The molecular formula is C41H24N4S. The normalized spacial score (nSPS) is 13.8. The molecule has 10 rings (SSSR count). The van der Waals surface area contributed by atoms with Gasteiger partial charge in [-0.25, -0.2) is 4.98 Å². The molecule has 214 valence electrons. The van der Waals surface area contributed by atoms with Crippen LogP contribution in [0.15, 0.2) is 145 Å². The number of rotatable bonds is 3. The lowest BCUT2D eigenvalue weighted by Gasteiger charge is -2.32. The lowest BCUT2D eigenvalue weighted by molar-refractivity contribution is 1.02. The number of hydrogen-bond donors (Lipinski definition) is 0. The molecule has 1 aliphatic rings. The van der Waals surface area contributed by atoms with Crippen LogP contribution >= 0.6 is 11.3 Å². The summed E-state index contributed by atoms with van der Waals surface area (Å²) >= 11 is 1.68. The third kappa shape index (κ3) is 3.76. The monoisotopic (exact) mass is 609 g/mol. The van der Waals surface area contributed by atoms with E-state index in [1.807, 2.05) is 47.4 Å². The standard InChI is InChI=1S/C41H24N4S/c1-2-11-27(12-3-1)39-42-40(28-20-22-31-30-16-6-7-19-35(30)46-36(31)24-28)44-41(43-39)45-33-18-9-14-26-13-8-17-32(37(26)33)38-29-15-5-4-10-25(29)21-23-34(38)45/h1-24H/i1D,2D,3D,11D,12D. The highest BCUT2D eigenvalue weighted by Gasteiger charge is 2.30. The maximum Gasteiger partial charge on any atom is 0.238 e. The number of aromatic nitrogens is 3. The first-order chi connectivity index (χ1) is 24.9. The Labute approximate surface area is 275 Å². The lowest BCUT2D eigenvalue weighted by Crippen LogP contribution is -2.19.